The first kappa shape index (κ1) is 17.8. The molecule has 0 aliphatic carbocycles. The lowest BCUT2D eigenvalue weighted by Crippen LogP contribution is -2.22. The van der Waals surface area contributed by atoms with Crippen molar-refractivity contribution in [1.29, 1.82) is 0 Å². The fourth-order valence-electron chi connectivity index (χ4n) is 2.79. The van der Waals surface area contributed by atoms with Gasteiger partial charge < -0.3 is 20.5 Å². The number of hydrogen-bond donors (Lipinski definition) is 2. The van der Waals surface area contributed by atoms with E-state index in [1.165, 1.54) is 6.08 Å². The van der Waals surface area contributed by atoms with Gasteiger partial charge in [-0.15, -0.1) is 0 Å². The van der Waals surface area contributed by atoms with Gasteiger partial charge in [0.15, 0.2) is 11.5 Å². The summed E-state index contributed by atoms with van der Waals surface area (Å²) in [5, 5.41) is 2.89. The van der Waals surface area contributed by atoms with Gasteiger partial charge in [0, 0.05) is 18.3 Å². The molecule has 1 aliphatic heterocycles. The molecular formula is C20H23N3O3. The van der Waals surface area contributed by atoms with Crippen LogP contribution < -0.4 is 20.5 Å². The Morgan fingerprint density at radius 2 is 2.08 bits per heavy atom. The molecule has 0 spiro atoms. The fourth-order valence-corrected chi connectivity index (χ4v) is 2.79. The second-order valence-corrected chi connectivity index (χ2v) is 6.25. The Labute approximate surface area is 153 Å². The number of unbranched alkanes of at least 4 members (excludes halogenated alkanes) is 1. The largest absolute Gasteiger partial charge is 0.454 e. The molecule has 6 nitrogen and oxygen atoms in total. The Balaban J connectivity index is 1.37. The molecule has 1 aromatic carbocycles. The summed E-state index contributed by atoms with van der Waals surface area (Å²) < 4.78 is 10.6. The number of pyridine rings is 1. The molecule has 2 heterocycles. The van der Waals surface area contributed by atoms with E-state index in [-0.39, 0.29) is 12.7 Å². The predicted octanol–water partition coefficient (Wildman–Crippen LogP) is 2.85. The van der Waals surface area contributed by atoms with Crippen LogP contribution in [0.1, 0.15) is 29.7 Å². The number of carbonyl (C=O) groups excluding carboxylic acids is 1. The molecule has 136 valence electrons. The van der Waals surface area contributed by atoms with Gasteiger partial charge in [-0.05, 0) is 67.7 Å². The highest BCUT2D eigenvalue weighted by atomic mass is 16.7. The summed E-state index contributed by atoms with van der Waals surface area (Å²) in [4.78, 5) is 16.2. The second kappa shape index (κ2) is 8.38. The van der Waals surface area contributed by atoms with Crippen molar-refractivity contribution in [2.45, 2.75) is 26.2 Å². The number of nitrogens with one attached hydrogen (secondary N) is 1. The van der Waals surface area contributed by atoms with Gasteiger partial charge in [-0.3, -0.25) is 4.79 Å². The van der Waals surface area contributed by atoms with E-state index in [0.717, 1.165) is 41.8 Å². The molecular weight excluding hydrogens is 330 g/mol. The summed E-state index contributed by atoms with van der Waals surface area (Å²) in [6, 6.07) is 9.48. The van der Waals surface area contributed by atoms with E-state index >= 15 is 0 Å². The minimum Gasteiger partial charge on any atom is -0.454 e. The summed E-state index contributed by atoms with van der Waals surface area (Å²) in [7, 11) is 0. The Bertz CT molecular complexity index is 798. The topological polar surface area (TPSA) is 86.5 Å². The number of nitrogens with two attached hydrogens (primary N) is 1. The maximum absolute atomic E-state index is 11.9. The number of carbonyl (C=O) groups is 1. The van der Waals surface area contributed by atoms with Crippen molar-refractivity contribution < 1.29 is 14.3 Å². The molecule has 6 heteroatoms. The number of aromatic nitrogens is 1. The number of hydrogen-bond acceptors (Lipinski definition) is 5. The Morgan fingerprint density at radius 1 is 1.23 bits per heavy atom. The van der Waals surface area contributed by atoms with E-state index in [0.29, 0.717) is 18.1 Å². The summed E-state index contributed by atoms with van der Waals surface area (Å²) in [6.45, 7) is 2.88. The molecule has 3 rings (SSSR count). The van der Waals surface area contributed by atoms with Gasteiger partial charge in [-0.2, -0.15) is 0 Å². The quantitative estimate of drug-likeness (QED) is 0.590. The summed E-state index contributed by atoms with van der Waals surface area (Å²) in [6.07, 6.45) is 5.98. The predicted molar refractivity (Wildman–Crippen MR) is 101 cm³/mol. The van der Waals surface area contributed by atoms with Crippen molar-refractivity contribution in [3.63, 3.8) is 0 Å². The van der Waals surface area contributed by atoms with Crippen molar-refractivity contribution >= 4 is 17.8 Å². The lowest BCUT2D eigenvalue weighted by atomic mass is 10.1. The highest BCUT2D eigenvalue weighted by Gasteiger charge is 2.12. The number of nitrogens with zero attached hydrogens (tertiary/aromatic N) is 1. The average Bonchev–Trinajstić information content (AvgIpc) is 3.06. The molecule has 0 radical (unpaired) electrons. The van der Waals surface area contributed by atoms with Crippen LogP contribution in [0.4, 0.5) is 5.82 Å². The fraction of sp³-hybridized carbons (Fsp3) is 0.300. The zero-order valence-corrected chi connectivity index (χ0v) is 14.8. The van der Waals surface area contributed by atoms with Crippen molar-refractivity contribution in [2.24, 2.45) is 0 Å². The highest BCUT2D eigenvalue weighted by Crippen LogP contribution is 2.32. The van der Waals surface area contributed by atoms with Crippen LogP contribution in [0.5, 0.6) is 11.5 Å². The molecule has 1 aliphatic rings. The Hall–Kier alpha value is -3.02. The van der Waals surface area contributed by atoms with E-state index in [2.05, 4.69) is 10.3 Å². The molecule has 1 aromatic heterocycles. The third-order valence-corrected chi connectivity index (χ3v) is 4.03. The molecule has 1 amide bonds. The van der Waals surface area contributed by atoms with Crippen LogP contribution in [0, 0.1) is 6.92 Å². The van der Waals surface area contributed by atoms with Gasteiger partial charge in [0.25, 0.3) is 0 Å². The molecule has 3 N–H and O–H groups in total. The first-order chi connectivity index (χ1) is 12.6. The lowest BCUT2D eigenvalue weighted by molar-refractivity contribution is -0.116. The third-order valence-electron chi connectivity index (χ3n) is 4.03. The van der Waals surface area contributed by atoms with Crippen LogP contribution in [0.2, 0.25) is 0 Å². The van der Waals surface area contributed by atoms with Crippen molar-refractivity contribution in [1.82, 2.24) is 10.3 Å². The van der Waals surface area contributed by atoms with Gasteiger partial charge in [-0.25, -0.2) is 4.98 Å². The van der Waals surface area contributed by atoms with Crippen molar-refractivity contribution in [2.75, 3.05) is 19.1 Å². The molecule has 0 saturated carbocycles. The van der Waals surface area contributed by atoms with Crippen LogP contribution in [0.15, 0.2) is 36.4 Å². The number of benzene rings is 1. The van der Waals surface area contributed by atoms with Crippen LogP contribution in [0.3, 0.4) is 0 Å². The van der Waals surface area contributed by atoms with E-state index in [1.54, 1.807) is 6.08 Å². The lowest BCUT2D eigenvalue weighted by Gasteiger charge is -2.05. The number of amides is 1. The summed E-state index contributed by atoms with van der Waals surface area (Å²) in [5.41, 5.74) is 8.76. The summed E-state index contributed by atoms with van der Waals surface area (Å²) in [5.74, 6) is 1.89. The van der Waals surface area contributed by atoms with Crippen LogP contribution in [-0.4, -0.2) is 24.2 Å². The van der Waals surface area contributed by atoms with E-state index in [4.69, 9.17) is 15.2 Å². The Kier molecular flexibility index (Phi) is 5.73. The normalized spacial score (nSPS) is 12.5. The number of ether oxygens (including phenoxy) is 2. The maximum Gasteiger partial charge on any atom is 0.243 e. The molecule has 0 bridgehead atoms. The van der Waals surface area contributed by atoms with E-state index < -0.39 is 0 Å². The maximum atomic E-state index is 11.9. The minimum atomic E-state index is -0.111. The van der Waals surface area contributed by atoms with Gasteiger partial charge >= 0.3 is 0 Å². The van der Waals surface area contributed by atoms with E-state index in [9.17, 15) is 4.79 Å². The van der Waals surface area contributed by atoms with E-state index in [1.807, 2.05) is 37.3 Å². The number of fused-ring (bicyclic) bond motifs is 1. The molecule has 0 fully saturated rings. The minimum absolute atomic E-state index is 0.111. The van der Waals surface area contributed by atoms with Crippen molar-refractivity contribution in [3.05, 3.63) is 53.2 Å². The van der Waals surface area contributed by atoms with Crippen LogP contribution >= 0.6 is 0 Å². The van der Waals surface area contributed by atoms with Crippen LogP contribution in [-0.2, 0) is 11.2 Å². The average molecular weight is 353 g/mol. The van der Waals surface area contributed by atoms with Gasteiger partial charge in [0.2, 0.25) is 12.7 Å². The second-order valence-electron chi connectivity index (χ2n) is 6.25. The monoisotopic (exact) mass is 353 g/mol. The first-order valence-corrected chi connectivity index (χ1v) is 8.69. The SMILES string of the molecule is Cc1cc(N)nc(CCCCNC(=O)C=Cc2ccc3c(c2)OCO3)c1. The first-order valence-electron chi connectivity index (χ1n) is 8.69. The van der Waals surface area contributed by atoms with Gasteiger partial charge in [0.1, 0.15) is 5.82 Å². The molecule has 0 saturated heterocycles. The Morgan fingerprint density at radius 3 is 2.92 bits per heavy atom. The molecule has 2 aromatic rings. The number of aryl methyl sites for hydroxylation is 2. The molecule has 0 unspecified atom stereocenters. The van der Waals surface area contributed by atoms with Crippen LogP contribution in [0.25, 0.3) is 6.08 Å². The van der Waals surface area contributed by atoms with Crippen molar-refractivity contribution in [3.8, 4) is 11.5 Å². The highest BCUT2D eigenvalue weighted by molar-refractivity contribution is 5.91. The number of rotatable bonds is 7. The zero-order valence-electron chi connectivity index (χ0n) is 14.8. The summed E-state index contributed by atoms with van der Waals surface area (Å²) >= 11 is 0. The third kappa shape index (κ3) is 4.99. The standard InChI is InChI=1S/C20H23N3O3/c1-14-10-16(23-19(21)11-14)4-2-3-9-22-20(24)8-6-15-5-7-17-18(12-15)26-13-25-17/h5-8,10-12H,2-4,9,13H2,1H3,(H2,21,23)(H,22,24). The molecule has 0 atom stereocenters. The smallest absolute Gasteiger partial charge is 0.243 e. The molecule has 26 heavy (non-hydrogen) atoms. The zero-order chi connectivity index (χ0) is 18.4. The van der Waals surface area contributed by atoms with Gasteiger partial charge in [-0.1, -0.05) is 6.07 Å². The number of anilines is 1. The van der Waals surface area contributed by atoms with Gasteiger partial charge in [0.05, 0.1) is 0 Å². The number of nitrogen functional groups attached to an aromatic ring is 1.